The molecule has 0 aromatic heterocycles. The van der Waals surface area contributed by atoms with Gasteiger partial charge in [-0.05, 0) is 12.3 Å². The molecule has 0 saturated heterocycles. The normalized spacial score (nSPS) is 14.9. The van der Waals surface area contributed by atoms with E-state index in [1.54, 1.807) is 0 Å². The first-order valence-electron chi connectivity index (χ1n) is 6.56. The van der Waals surface area contributed by atoms with Crippen molar-refractivity contribution in [2.75, 3.05) is 6.61 Å². The molecule has 16 heavy (non-hydrogen) atoms. The lowest BCUT2D eigenvalue weighted by molar-refractivity contribution is 0.247. The Morgan fingerprint density at radius 3 is 2.38 bits per heavy atom. The van der Waals surface area contributed by atoms with Crippen molar-refractivity contribution >= 4 is 8.25 Å². The van der Waals surface area contributed by atoms with Crippen molar-refractivity contribution in [1.29, 1.82) is 0 Å². The van der Waals surface area contributed by atoms with Crippen LogP contribution in [0.2, 0.25) is 0 Å². The lowest BCUT2D eigenvalue weighted by Crippen LogP contribution is -2.02. The first kappa shape index (κ1) is 16.1. The number of unbranched alkanes of at least 4 members (excludes halogenated alkanes) is 4. The molecule has 0 saturated carbocycles. The van der Waals surface area contributed by atoms with Crippen molar-refractivity contribution in [1.82, 2.24) is 0 Å². The molecule has 1 N–H and O–H groups in total. The molecule has 2 unspecified atom stereocenters. The highest BCUT2D eigenvalue weighted by Gasteiger charge is 2.06. The molecule has 0 bridgehead atoms. The maximum Gasteiger partial charge on any atom is 0.316 e. The van der Waals surface area contributed by atoms with Crippen LogP contribution in [0, 0.1) is 5.92 Å². The van der Waals surface area contributed by atoms with Gasteiger partial charge in [-0.2, -0.15) is 0 Å². The summed E-state index contributed by atoms with van der Waals surface area (Å²) in [6.07, 6.45) is 9.87. The molecule has 0 aliphatic carbocycles. The van der Waals surface area contributed by atoms with Crippen LogP contribution in [0.1, 0.15) is 65.2 Å². The minimum absolute atomic E-state index is 0.432. The van der Waals surface area contributed by atoms with Crippen LogP contribution < -0.4 is 0 Å². The predicted molar refractivity (Wildman–Crippen MR) is 68.9 cm³/mol. The highest BCUT2D eigenvalue weighted by molar-refractivity contribution is 7.32. The van der Waals surface area contributed by atoms with E-state index in [2.05, 4.69) is 13.8 Å². The zero-order valence-corrected chi connectivity index (χ0v) is 11.7. The van der Waals surface area contributed by atoms with Crippen LogP contribution in [-0.4, -0.2) is 11.5 Å². The van der Waals surface area contributed by atoms with Gasteiger partial charge < -0.3 is 9.42 Å². The Morgan fingerprint density at radius 2 is 1.81 bits per heavy atom. The van der Waals surface area contributed by atoms with Crippen LogP contribution in [0.5, 0.6) is 0 Å². The van der Waals surface area contributed by atoms with Gasteiger partial charge in [0.05, 0.1) is 6.61 Å². The molecule has 98 valence electrons. The van der Waals surface area contributed by atoms with Crippen molar-refractivity contribution in [2.45, 2.75) is 65.2 Å². The third kappa shape index (κ3) is 10.7. The lowest BCUT2D eigenvalue weighted by atomic mass is 9.95. The standard InChI is InChI=1S/C12H27O3P/c1-3-5-6-7-8-9-12(4-2)10-11-15-16(13)14/h12,16H,3-11H2,1-2H3,(H,13,14). The molecule has 0 fully saturated rings. The predicted octanol–water partition coefficient (Wildman–Crippen LogP) is 4.16. The third-order valence-corrected chi connectivity index (χ3v) is 3.50. The molecule has 0 heterocycles. The maximum atomic E-state index is 10.4. The maximum absolute atomic E-state index is 10.4. The quantitative estimate of drug-likeness (QED) is 0.442. The van der Waals surface area contributed by atoms with Crippen LogP contribution in [-0.2, 0) is 9.09 Å². The number of rotatable bonds is 11. The van der Waals surface area contributed by atoms with Gasteiger partial charge in [-0.1, -0.05) is 58.8 Å². The van der Waals surface area contributed by atoms with Crippen molar-refractivity contribution in [2.24, 2.45) is 5.92 Å². The largest absolute Gasteiger partial charge is 0.326 e. The average Bonchev–Trinajstić information content (AvgIpc) is 2.26. The fraction of sp³-hybridized carbons (Fsp3) is 1.00. The summed E-state index contributed by atoms with van der Waals surface area (Å²) < 4.78 is 15.1. The van der Waals surface area contributed by atoms with Crippen LogP contribution in [0.15, 0.2) is 0 Å². The summed E-state index contributed by atoms with van der Waals surface area (Å²) in [6.45, 7) is 4.84. The molecule has 4 heteroatoms. The zero-order chi connectivity index (χ0) is 12.2. The van der Waals surface area contributed by atoms with Crippen LogP contribution in [0.4, 0.5) is 0 Å². The van der Waals surface area contributed by atoms with Gasteiger partial charge >= 0.3 is 8.25 Å². The summed E-state index contributed by atoms with van der Waals surface area (Å²) in [5.41, 5.74) is 0. The molecule has 0 aromatic carbocycles. The summed E-state index contributed by atoms with van der Waals surface area (Å²) in [6, 6.07) is 0. The second kappa shape index (κ2) is 11.6. The molecule has 0 spiro atoms. The minimum Gasteiger partial charge on any atom is -0.326 e. The van der Waals surface area contributed by atoms with Crippen molar-refractivity contribution in [3.05, 3.63) is 0 Å². The smallest absolute Gasteiger partial charge is 0.316 e. The molecule has 0 aliphatic heterocycles. The van der Waals surface area contributed by atoms with E-state index in [0.29, 0.717) is 12.5 Å². The molecule has 0 aliphatic rings. The minimum atomic E-state index is -2.72. The van der Waals surface area contributed by atoms with Gasteiger partial charge in [-0.25, -0.2) is 0 Å². The van der Waals surface area contributed by atoms with Gasteiger partial charge in [0, 0.05) is 0 Å². The average molecular weight is 250 g/mol. The molecule has 0 amide bonds. The summed E-state index contributed by atoms with van der Waals surface area (Å²) in [5.74, 6) is 0.656. The van der Waals surface area contributed by atoms with Gasteiger partial charge in [0.25, 0.3) is 0 Å². The van der Waals surface area contributed by atoms with Gasteiger partial charge in [-0.15, -0.1) is 0 Å². The SMILES string of the molecule is CCCCCCCC(CC)CCO[PH](=O)O. The van der Waals surface area contributed by atoms with Crippen molar-refractivity contribution < 1.29 is 14.0 Å². The first-order chi connectivity index (χ1) is 7.70. The van der Waals surface area contributed by atoms with E-state index in [-0.39, 0.29) is 0 Å². The Bertz CT molecular complexity index is 174. The van der Waals surface area contributed by atoms with Gasteiger partial charge in [0.2, 0.25) is 0 Å². The fourth-order valence-electron chi connectivity index (χ4n) is 1.90. The number of hydrogen-bond donors (Lipinski definition) is 1. The fourth-order valence-corrected chi connectivity index (χ4v) is 2.19. The molecular formula is C12H27O3P. The Morgan fingerprint density at radius 1 is 1.12 bits per heavy atom. The summed E-state index contributed by atoms with van der Waals surface area (Å²) in [4.78, 5) is 8.54. The highest BCUT2D eigenvalue weighted by Crippen LogP contribution is 2.21. The summed E-state index contributed by atoms with van der Waals surface area (Å²) in [5, 5.41) is 0. The van der Waals surface area contributed by atoms with Crippen molar-refractivity contribution in [3.8, 4) is 0 Å². The molecule has 0 radical (unpaired) electrons. The Hall–Kier alpha value is 0.150. The Labute approximate surface area is 101 Å². The van der Waals surface area contributed by atoms with E-state index in [4.69, 9.17) is 9.42 Å². The summed E-state index contributed by atoms with van der Waals surface area (Å²) in [7, 11) is -2.72. The second-order valence-corrected chi connectivity index (χ2v) is 5.20. The van der Waals surface area contributed by atoms with Crippen molar-refractivity contribution in [3.63, 3.8) is 0 Å². The van der Waals surface area contributed by atoms with Gasteiger partial charge in [0.15, 0.2) is 0 Å². The topological polar surface area (TPSA) is 46.5 Å². The second-order valence-electron chi connectivity index (χ2n) is 4.38. The molecule has 0 aromatic rings. The molecule has 0 rings (SSSR count). The van der Waals surface area contributed by atoms with E-state index in [1.807, 2.05) is 0 Å². The monoisotopic (exact) mass is 250 g/mol. The van der Waals surface area contributed by atoms with E-state index >= 15 is 0 Å². The Kier molecular flexibility index (Phi) is 11.7. The van der Waals surface area contributed by atoms with Gasteiger partial charge in [-0.3, -0.25) is 4.57 Å². The van der Waals surface area contributed by atoms with Crippen LogP contribution >= 0.6 is 8.25 Å². The summed E-state index contributed by atoms with van der Waals surface area (Å²) >= 11 is 0. The van der Waals surface area contributed by atoms with E-state index in [1.165, 1.54) is 38.5 Å². The molecular weight excluding hydrogens is 223 g/mol. The van der Waals surface area contributed by atoms with Crippen LogP contribution in [0.3, 0.4) is 0 Å². The van der Waals surface area contributed by atoms with E-state index in [0.717, 1.165) is 12.8 Å². The number of hydrogen-bond acceptors (Lipinski definition) is 2. The first-order valence-corrected chi connectivity index (χ1v) is 7.82. The van der Waals surface area contributed by atoms with E-state index < -0.39 is 8.25 Å². The van der Waals surface area contributed by atoms with E-state index in [9.17, 15) is 4.57 Å². The molecule has 2 atom stereocenters. The zero-order valence-electron chi connectivity index (χ0n) is 10.7. The Balaban J connectivity index is 3.40. The molecule has 3 nitrogen and oxygen atoms in total. The van der Waals surface area contributed by atoms with Crippen LogP contribution in [0.25, 0.3) is 0 Å². The van der Waals surface area contributed by atoms with Gasteiger partial charge in [0.1, 0.15) is 0 Å². The lowest BCUT2D eigenvalue weighted by Gasteiger charge is -2.13. The third-order valence-electron chi connectivity index (χ3n) is 3.04. The highest BCUT2D eigenvalue weighted by atomic mass is 31.1.